The van der Waals surface area contributed by atoms with Gasteiger partial charge < -0.3 is 10.2 Å². The third kappa shape index (κ3) is 4.59. The Morgan fingerprint density at radius 2 is 2.07 bits per heavy atom. The minimum Gasteiger partial charge on any atom is -0.304 e. The van der Waals surface area contributed by atoms with Crippen molar-refractivity contribution in [3.8, 4) is 6.07 Å². The number of nitriles is 1. The van der Waals surface area contributed by atoms with Gasteiger partial charge in [-0.25, -0.2) is 0 Å². The molecule has 0 heterocycles. The molecule has 3 heteroatoms. The van der Waals surface area contributed by atoms with Crippen LogP contribution in [0.2, 0.25) is 0 Å². The van der Waals surface area contributed by atoms with Crippen LogP contribution in [-0.4, -0.2) is 37.1 Å². The van der Waals surface area contributed by atoms with E-state index in [0.29, 0.717) is 6.04 Å². The van der Waals surface area contributed by atoms with Gasteiger partial charge in [-0.2, -0.15) is 5.26 Å². The Kier molecular flexibility index (Phi) is 5.75. The molecule has 0 aromatic rings. The fraction of sp³-hybridized carbons (Fsp3) is 0.909. The lowest BCUT2D eigenvalue weighted by Gasteiger charge is -2.24. The summed E-state index contributed by atoms with van der Waals surface area (Å²) in [7, 11) is 3.96. The first-order chi connectivity index (χ1) is 6.45. The predicted molar refractivity (Wildman–Crippen MR) is 60.1 cm³/mol. The van der Waals surface area contributed by atoms with Crippen LogP contribution in [0.25, 0.3) is 0 Å². The van der Waals surface area contributed by atoms with E-state index in [1.807, 2.05) is 14.0 Å². The molecule has 1 N–H and O–H groups in total. The van der Waals surface area contributed by atoms with Gasteiger partial charge in [0.1, 0.15) is 5.54 Å². The van der Waals surface area contributed by atoms with Crippen molar-refractivity contribution >= 4 is 0 Å². The van der Waals surface area contributed by atoms with E-state index in [0.717, 1.165) is 19.4 Å². The summed E-state index contributed by atoms with van der Waals surface area (Å²) < 4.78 is 0. The van der Waals surface area contributed by atoms with E-state index in [1.54, 1.807) is 0 Å². The average Bonchev–Trinajstić information content (AvgIpc) is 2.17. The summed E-state index contributed by atoms with van der Waals surface area (Å²) in [5.41, 5.74) is -0.363. The van der Waals surface area contributed by atoms with Gasteiger partial charge in [0.05, 0.1) is 6.07 Å². The summed E-state index contributed by atoms with van der Waals surface area (Å²) in [5.74, 6) is 0. The number of hydrogen-bond donors (Lipinski definition) is 1. The Bertz CT molecular complexity index is 195. The topological polar surface area (TPSA) is 39.1 Å². The van der Waals surface area contributed by atoms with Gasteiger partial charge in [0.15, 0.2) is 0 Å². The highest BCUT2D eigenvalue weighted by Crippen LogP contribution is 2.11. The molecule has 0 rings (SSSR count). The lowest BCUT2D eigenvalue weighted by atomic mass is 9.98. The molecular weight excluding hydrogens is 174 g/mol. The van der Waals surface area contributed by atoms with Gasteiger partial charge in [-0.05, 0) is 54.3 Å². The van der Waals surface area contributed by atoms with Gasteiger partial charge in [0, 0.05) is 6.04 Å². The number of rotatable bonds is 6. The Labute approximate surface area is 88.1 Å². The maximum Gasteiger partial charge on any atom is 0.103 e. The molecule has 0 aromatic carbocycles. The van der Waals surface area contributed by atoms with Crippen LogP contribution in [0.3, 0.4) is 0 Å². The highest BCUT2D eigenvalue weighted by Gasteiger charge is 2.20. The normalized spacial score (nSPS) is 15.6. The molecule has 0 bridgehead atoms. The molecule has 0 spiro atoms. The van der Waals surface area contributed by atoms with E-state index in [4.69, 9.17) is 5.26 Å². The van der Waals surface area contributed by atoms with E-state index in [2.05, 4.69) is 37.2 Å². The minimum absolute atomic E-state index is 0.363. The largest absolute Gasteiger partial charge is 0.304 e. The smallest absolute Gasteiger partial charge is 0.103 e. The highest BCUT2D eigenvalue weighted by atomic mass is 15.1. The maximum absolute atomic E-state index is 8.93. The van der Waals surface area contributed by atoms with Crippen LogP contribution in [0.1, 0.15) is 33.6 Å². The molecule has 0 fully saturated rings. The van der Waals surface area contributed by atoms with Crippen molar-refractivity contribution in [3.05, 3.63) is 0 Å². The van der Waals surface area contributed by atoms with Gasteiger partial charge in [0.2, 0.25) is 0 Å². The zero-order chi connectivity index (χ0) is 11.2. The molecule has 0 aliphatic carbocycles. The van der Waals surface area contributed by atoms with Crippen molar-refractivity contribution in [1.29, 1.82) is 5.26 Å². The van der Waals surface area contributed by atoms with E-state index < -0.39 is 0 Å². The molecule has 0 radical (unpaired) electrons. The first kappa shape index (κ1) is 13.4. The maximum atomic E-state index is 8.93. The van der Waals surface area contributed by atoms with Crippen molar-refractivity contribution in [2.75, 3.05) is 20.6 Å². The molecule has 0 saturated heterocycles. The van der Waals surface area contributed by atoms with Crippen LogP contribution in [0, 0.1) is 11.3 Å². The summed E-state index contributed by atoms with van der Waals surface area (Å²) >= 11 is 0. The number of nitrogens with one attached hydrogen (secondary N) is 1. The summed E-state index contributed by atoms with van der Waals surface area (Å²) in [6.45, 7) is 7.36. The standard InChI is InChI=1S/C11H23N3/c1-10(2)14(5)8-6-7-11(3,9-12)13-4/h10,13H,6-8H2,1-5H3. The lowest BCUT2D eigenvalue weighted by Crippen LogP contribution is -2.39. The van der Waals surface area contributed by atoms with Crippen LogP contribution in [-0.2, 0) is 0 Å². The van der Waals surface area contributed by atoms with Crippen molar-refractivity contribution in [2.24, 2.45) is 0 Å². The summed E-state index contributed by atoms with van der Waals surface area (Å²) in [6, 6.07) is 2.88. The fourth-order valence-corrected chi connectivity index (χ4v) is 1.18. The Morgan fingerprint density at radius 3 is 2.43 bits per heavy atom. The van der Waals surface area contributed by atoms with E-state index >= 15 is 0 Å². The fourth-order valence-electron chi connectivity index (χ4n) is 1.18. The lowest BCUT2D eigenvalue weighted by molar-refractivity contribution is 0.259. The van der Waals surface area contributed by atoms with Crippen LogP contribution < -0.4 is 5.32 Å². The minimum atomic E-state index is -0.363. The van der Waals surface area contributed by atoms with Gasteiger partial charge >= 0.3 is 0 Å². The Morgan fingerprint density at radius 1 is 1.50 bits per heavy atom. The Balaban J connectivity index is 3.79. The average molecular weight is 197 g/mol. The summed E-state index contributed by atoms with van der Waals surface area (Å²) in [4.78, 5) is 2.30. The molecule has 0 aromatic heterocycles. The third-order valence-electron chi connectivity index (χ3n) is 2.87. The Hall–Kier alpha value is -0.590. The summed E-state index contributed by atoms with van der Waals surface area (Å²) in [5, 5.41) is 12.0. The highest BCUT2D eigenvalue weighted by molar-refractivity contribution is 5.02. The zero-order valence-corrected chi connectivity index (χ0v) is 10.1. The first-order valence-corrected chi connectivity index (χ1v) is 5.25. The van der Waals surface area contributed by atoms with Crippen LogP contribution in [0.5, 0.6) is 0 Å². The second kappa shape index (κ2) is 6.00. The van der Waals surface area contributed by atoms with Gasteiger partial charge in [-0.1, -0.05) is 0 Å². The predicted octanol–water partition coefficient (Wildman–Crippen LogP) is 1.61. The first-order valence-electron chi connectivity index (χ1n) is 5.25. The molecule has 0 amide bonds. The third-order valence-corrected chi connectivity index (χ3v) is 2.87. The van der Waals surface area contributed by atoms with Crippen LogP contribution in [0.4, 0.5) is 0 Å². The molecule has 3 nitrogen and oxygen atoms in total. The monoisotopic (exact) mass is 197 g/mol. The molecule has 0 aliphatic heterocycles. The number of hydrogen-bond acceptors (Lipinski definition) is 3. The molecule has 0 aliphatic rings. The van der Waals surface area contributed by atoms with Crippen molar-refractivity contribution in [1.82, 2.24) is 10.2 Å². The molecule has 82 valence electrons. The molecular formula is C11H23N3. The van der Waals surface area contributed by atoms with E-state index in [9.17, 15) is 0 Å². The molecule has 14 heavy (non-hydrogen) atoms. The SMILES string of the molecule is CNC(C)(C#N)CCCN(C)C(C)C. The van der Waals surface area contributed by atoms with Crippen LogP contribution >= 0.6 is 0 Å². The summed E-state index contributed by atoms with van der Waals surface area (Å²) in [6.07, 6.45) is 1.96. The molecule has 0 saturated carbocycles. The van der Waals surface area contributed by atoms with Gasteiger partial charge in [-0.15, -0.1) is 0 Å². The zero-order valence-electron chi connectivity index (χ0n) is 10.1. The molecule has 1 atom stereocenters. The molecule has 1 unspecified atom stereocenters. The van der Waals surface area contributed by atoms with Crippen LogP contribution in [0.15, 0.2) is 0 Å². The van der Waals surface area contributed by atoms with Gasteiger partial charge in [0.25, 0.3) is 0 Å². The second-order valence-electron chi connectivity index (χ2n) is 4.37. The van der Waals surface area contributed by atoms with Crippen molar-refractivity contribution < 1.29 is 0 Å². The van der Waals surface area contributed by atoms with Gasteiger partial charge in [-0.3, -0.25) is 0 Å². The van der Waals surface area contributed by atoms with E-state index in [-0.39, 0.29) is 5.54 Å². The van der Waals surface area contributed by atoms with Crippen molar-refractivity contribution in [2.45, 2.75) is 45.2 Å². The van der Waals surface area contributed by atoms with E-state index in [1.165, 1.54) is 0 Å². The number of nitrogens with zero attached hydrogens (tertiary/aromatic N) is 2. The second-order valence-corrected chi connectivity index (χ2v) is 4.37. The van der Waals surface area contributed by atoms with Crippen molar-refractivity contribution in [3.63, 3.8) is 0 Å². The quantitative estimate of drug-likeness (QED) is 0.703.